The van der Waals surface area contributed by atoms with Gasteiger partial charge in [0.05, 0.1) is 12.4 Å². The number of nitrogens with zero attached hydrogens (tertiary/aromatic N) is 1. The third-order valence-corrected chi connectivity index (χ3v) is 6.92. The second kappa shape index (κ2) is 6.83. The third-order valence-electron chi connectivity index (χ3n) is 1.58. The molecule has 1 amide bonds. The van der Waals surface area contributed by atoms with E-state index in [1.54, 1.807) is 28.1 Å². The molecule has 1 atom stereocenters. The minimum Gasteiger partial charge on any atom is -0.448 e. The molecule has 0 saturated heterocycles. The summed E-state index contributed by atoms with van der Waals surface area (Å²) in [7, 11) is 0. The van der Waals surface area contributed by atoms with Crippen LogP contribution in [0.1, 0.15) is 6.92 Å². The van der Waals surface area contributed by atoms with E-state index in [0.29, 0.717) is 5.70 Å². The van der Waals surface area contributed by atoms with Crippen LogP contribution in [0.2, 0.25) is 0 Å². The first-order valence-electron chi connectivity index (χ1n) is 4.67. The lowest BCUT2D eigenvalue weighted by molar-refractivity contribution is 0.164. The van der Waals surface area contributed by atoms with Crippen molar-refractivity contribution in [3.05, 3.63) is 21.4 Å². The van der Waals surface area contributed by atoms with Crippen molar-refractivity contribution in [1.82, 2.24) is 0 Å². The lowest BCUT2D eigenvalue weighted by Gasteiger charge is -2.06. The third kappa shape index (κ3) is 5.95. The Bertz CT molecular complexity index is 516. The van der Waals surface area contributed by atoms with Gasteiger partial charge in [-0.15, -0.1) is 4.36 Å². The first-order chi connectivity index (χ1) is 7.93. The summed E-state index contributed by atoms with van der Waals surface area (Å²) < 4.78 is 23.3. The molecule has 5 nitrogen and oxygen atoms in total. The Morgan fingerprint density at radius 2 is 2.41 bits per heavy atom. The molecule has 0 radical (unpaired) electrons. The molecule has 0 saturated carbocycles. The van der Waals surface area contributed by atoms with Gasteiger partial charge in [-0.25, -0.2) is 9.00 Å². The Morgan fingerprint density at radius 3 is 3.00 bits per heavy atom. The molecule has 0 aliphatic carbocycles. The van der Waals surface area contributed by atoms with Gasteiger partial charge in [-0.3, -0.25) is 0 Å². The molecule has 0 aromatic rings. The molecule has 0 spiro atoms. The molecule has 96 valence electrons. The van der Waals surface area contributed by atoms with Crippen molar-refractivity contribution < 1.29 is 13.7 Å². The molecule has 1 rings (SSSR count). The summed E-state index contributed by atoms with van der Waals surface area (Å²) in [6.45, 7) is -0.691. The molecule has 0 aromatic heterocycles. The fourth-order valence-corrected chi connectivity index (χ4v) is 8.49. The average Bonchev–Trinajstić information content (AvgIpc) is 2.15. The van der Waals surface area contributed by atoms with Gasteiger partial charge in [0.2, 0.25) is 0 Å². The molecule has 8 heteroatoms. The molecule has 17 heavy (non-hydrogen) atoms. The zero-order valence-corrected chi connectivity index (χ0v) is 14.2. The monoisotopic (exact) mass is 482 g/mol. The predicted octanol–water partition coefficient (Wildman–Crippen LogP) is 2.47. The van der Waals surface area contributed by atoms with E-state index < -0.39 is 13.0 Å². The van der Waals surface area contributed by atoms with Crippen molar-refractivity contribution >= 4 is 58.9 Å². The van der Waals surface area contributed by atoms with E-state index in [9.17, 15) is 9.00 Å². The molecule has 2 N–H and O–H groups in total. The van der Waals surface area contributed by atoms with Crippen LogP contribution in [0.5, 0.6) is 0 Å². The van der Waals surface area contributed by atoms with Crippen LogP contribution >= 0.6 is 41.9 Å². The second-order valence-electron chi connectivity index (χ2n) is 2.99. The van der Waals surface area contributed by atoms with Gasteiger partial charge in [0, 0.05) is 30.5 Å². The molecule has 0 bridgehead atoms. The van der Waals surface area contributed by atoms with E-state index in [1.807, 2.05) is 16.2 Å². The average molecular weight is 482 g/mol. The van der Waals surface area contributed by atoms with E-state index in [-0.39, 0.29) is 33.1 Å². The number of carbonyl (C=O) groups is 1. The SMILES string of the molecule is CCOC(=O)N=S(=O)(I)CC1=CC(N)=CC=I1. The zero-order chi connectivity index (χ0) is 12.9. The fourth-order valence-electron chi connectivity index (χ4n) is 0.982. The van der Waals surface area contributed by atoms with E-state index in [2.05, 4.69) is 9.10 Å². The number of rotatable bonds is 3. The number of ether oxygens (including phenoxy) is 1. The highest BCUT2D eigenvalue weighted by atomic mass is 127. The van der Waals surface area contributed by atoms with E-state index >= 15 is 0 Å². The smallest absolute Gasteiger partial charge is 0.442 e. The van der Waals surface area contributed by atoms with Crippen molar-refractivity contribution in [2.45, 2.75) is 6.92 Å². The molecular weight excluding hydrogens is 470 g/mol. The van der Waals surface area contributed by atoms with Crippen LogP contribution in [0.4, 0.5) is 4.79 Å². The van der Waals surface area contributed by atoms with Crippen molar-refractivity contribution in [2.75, 3.05) is 12.4 Å². The lowest BCUT2D eigenvalue weighted by atomic mass is 10.4. The summed E-state index contributed by atoms with van der Waals surface area (Å²) in [6, 6.07) is 0. The maximum absolute atomic E-state index is 12.1. The standard InChI is InChI=1S/C9H12I2N2O3S/c1-2-16-9(14)13-17(10,15)6-7-5-8(12)3-4-11-7/h3-5H,2,6,12H2,1H3. The zero-order valence-electron chi connectivity index (χ0n) is 9.06. The van der Waals surface area contributed by atoms with Crippen molar-refractivity contribution in [3.8, 4) is 0 Å². The second-order valence-corrected chi connectivity index (χ2v) is 11.4. The summed E-state index contributed by atoms with van der Waals surface area (Å²) in [5, 5.41) is 0. The van der Waals surface area contributed by atoms with Crippen LogP contribution in [-0.2, 0) is 11.6 Å². The van der Waals surface area contributed by atoms with Gasteiger partial charge >= 0.3 is 6.09 Å². The Balaban J connectivity index is 2.81. The number of amides is 1. The Kier molecular flexibility index (Phi) is 6.06. The summed E-state index contributed by atoms with van der Waals surface area (Å²) in [5.74, 6) is 0.269. The first-order valence-corrected chi connectivity index (χ1v) is 11.2. The molecule has 1 heterocycles. The van der Waals surface area contributed by atoms with Crippen molar-refractivity contribution in [2.24, 2.45) is 10.1 Å². The highest BCUT2D eigenvalue weighted by Crippen LogP contribution is 2.24. The molecule has 1 aliphatic heterocycles. The summed E-state index contributed by atoms with van der Waals surface area (Å²) in [5.41, 5.74) is 6.29. The number of allylic oxidation sites excluding steroid dienone is 2. The quantitative estimate of drug-likeness (QED) is 0.496. The van der Waals surface area contributed by atoms with Crippen LogP contribution in [0, 0.1) is 0 Å². The van der Waals surface area contributed by atoms with Crippen LogP contribution in [0.3, 0.4) is 0 Å². The molecule has 0 fully saturated rings. The summed E-state index contributed by atoms with van der Waals surface area (Å²) in [4.78, 5) is 11.1. The maximum atomic E-state index is 12.1. The van der Waals surface area contributed by atoms with Gasteiger partial charge in [-0.2, -0.15) is 0 Å². The van der Waals surface area contributed by atoms with Gasteiger partial charge < -0.3 is 10.5 Å². The normalized spacial score (nSPS) is 18.2. The summed E-state index contributed by atoms with van der Waals surface area (Å²) >= 11 is 1.41. The van der Waals surface area contributed by atoms with E-state index in [4.69, 9.17) is 5.73 Å². The van der Waals surface area contributed by atoms with Crippen LogP contribution in [-0.4, -0.2) is 26.7 Å². The van der Waals surface area contributed by atoms with Gasteiger partial charge in [0.15, 0.2) is 0 Å². The topological polar surface area (TPSA) is 81.8 Å². The maximum Gasteiger partial charge on any atom is 0.442 e. The Morgan fingerprint density at radius 1 is 1.71 bits per heavy atom. The minimum atomic E-state index is -2.60. The molecule has 1 aliphatic rings. The molecular formula is C9H12I2N2O3S. The highest BCUT2D eigenvalue weighted by Gasteiger charge is 2.12. The first kappa shape index (κ1) is 15.1. The van der Waals surface area contributed by atoms with Crippen LogP contribution in [0.15, 0.2) is 25.8 Å². The van der Waals surface area contributed by atoms with Crippen LogP contribution < -0.4 is 5.73 Å². The molecule has 1 unspecified atom stereocenters. The van der Waals surface area contributed by atoms with Gasteiger partial charge in [-0.05, 0) is 23.1 Å². The van der Waals surface area contributed by atoms with Gasteiger partial charge in [0.1, 0.15) is 6.90 Å². The highest BCUT2D eigenvalue weighted by molar-refractivity contribution is 14.2. The lowest BCUT2D eigenvalue weighted by Crippen LogP contribution is -2.06. The fraction of sp³-hybridized carbons (Fsp3) is 0.333. The Hall–Kier alpha value is 0.0300. The minimum absolute atomic E-state index is 0.230. The number of hydrogen-bond donors (Lipinski definition) is 1. The Labute approximate surface area is 122 Å². The van der Waals surface area contributed by atoms with Crippen molar-refractivity contribution in [1.29, 1.82) is 0 Å². The number of hydrogen-bond acceptors (Lipinski definition) is 4. The predicted molar refractivity (Wildman–Crippen MR) is 86.9 cm³/mol. The van der Waals surface area contributed by atoms with Gasteiger partial charge in [0.25, 0.3) is 0 Å². The van der Waals surface area contributed by atoms with E-state index in [0.717, 1.165) is 3.58 Å². The molecule has 0 aromatic carbocycles. The number of carbonyl (C=O) groups excluding carboxylic acids is 1. The van der Waals surface area contributed by atoms with Crippen molar-refractivity contribution in [3.63, 3.8) is 0 Å². The van der Waals surface area contributed by atoms with Gasteiger partial charge in [-0.1, -0.05) is 20.7 Å². The largest absolute Gasteiger partial charge is 0.448 e. The van der Waals surface area contributed by atoms with E-state index in [1.165, 1.54) is 0 Å². The summed E-state index contributed by atoms with van der Waals surface area (Å²) in [6.07, 6.45) is 2.88. The number of nitrogens with two attached hydrogens (primary N) is 1. The number of halogens is 2. The van der Waals surface area contributed by atoms with Crippen LogP contribution in [0.25, 0.3) is 0 Å².